The lowest BCUT2D eigenvalue weighted by atomic mass is 10.1. The van der Waals surface area contributed by atoms with Crippen molar-refractivity contribution in [2.24, 2.45) is 0 Å². The van der Waals surface area contributed by atoms with Crippen molar-refractivity contribution >= 4 is 33.7 Å². The molecule has 0 unspecified atom stereocenters. The predicted molar refractivity (Wildman–Crippen MR) is 154 cm³/mol. The van der Waals surface area contributed by atoms with Gasteiger partial charge in [0.1, 0.15) is 11.5 Å². The number of carbonyl (C=O) groups excluding carboxylic acids is 1. The molecule has 0 bridgehead atoms. The van der Waals surface area contributed by atoms with Gasteiger partial charge in [-0.3, -0.25) is 19.7 Å². The first-order chi connectivity index (χ1) is 19.7. The first-order valence-electron chi connectivity index (χ1n) is 12.7. The van der Waals surface area contributed by atoms with Crippen molar-refractivity contribution in [3.8, 4) is 33.6 Å². The average molecular weight is 523 g/mol. The third-order valence-corrected chi connectivity index (χ3v) is 6.72. The van der Waals surface area contributed by atoms with E-state index in [0.29, 0.717) is 17.9 Å². The SMILES string of the molecule is O=C(Cc1ccccc1)Nc1cncc(-c2cnc3[nH]cc(-c4nc5c(-c6cccnc6)cncc5[nH]4)c3c2)c1. The molecular formula is C31H22N8O. The van der Waals surface area contributed by atoms with Gasteiger partial charge in [-0.1, -0.05) is 36.4 Å². The molecule has 0 radical (unpaired) electrons. The lowest BCUT2D eigenvalue weighted by Crippen LogP contribution is -2.14. The molecule has 0 aliphatic rings. The summed E-state index contributed by atoms with van der Waals surface area (Å²) in [6.45, 7) is 0. The van der Waals surface area contributed by atoms with Gasteiger partial charge in [0, 0.05) is 70.4 Å². The van der Waals surface area contributed by atoms with E-state index in [4.69, 9.17) is 4.98 Å². The van der Waals surface area contributed by atoms with Crippen molar-refractivity contribution in [3.05, 3.63) is 110 Å². The number of nitrogens with zero attached hydrogens (tertiary/aromatic N) is 5. The molecule has 9 nitrogen and oxygen atoms in total. The topological polar surface area (TPSA) is 125 Å². The fraction of sp³-hybridized carbons (Fsp3) is 0.0323. The summed E-state index contributed by atoms with van der Waals surface area (Å²) in [6, 6.07) is 17.5. The predicted octanol–water partition coefficient (Wildman–Crippen LogP) is 5.81. The van der Waals surface area contributed by atoms with Crippen molar-refractivity contribution in [2.75, 3.05) is 5.32 Å². The molecule has 3 N–H and O–H groups in total. The van der Waals surface area contributed by atoms with Crippen LogP contribution in [0.25, 0.3) is 55.7 Å². The van der Waals surface area contributed by atoms with E-state index in [0.717, 1.165) is 55.4 Å². The highest BCUT2D eigenvalue weighted by molar-refractivity contribution is 5.98. The van der Waals surface area contributed by atoms with E-state index < -0.39 is 0 Å². The van der Waals surface area contributed by atoms with Gasteiger partial charge in [-0.2, -0.15) is 0 Å². The zero-order valence-electron chi connectivity index (χ0n) is 21.2. The smallest absolute Gasteiger partial charge is 0.228 e. The van der Waals surface area contributed by atoms with Gasteiger partial charge in [0.2, 0.25) is 5.91 Å². The maximum atomic E-state index is 12.6. The normalized spacial score (nSPS) is 11.2. The van der Waals surface area contributed by atoms with Crippen LogP contribution in [0.4, 0.5) is 5.69 Å². The first-order valence-corrected chi connectivity index (χ1v) is 12.7. The van der Waals surface area contributed by atoms with Gasteiger partial charge in [-0.15, -0.1) is 0 Å². The summed E-state index contributed by atoms with van der Waals surface area (Å²) in [6.07, 6.45) is 14.5. The lowest BCUT2D eigenvalue weighted by molar-refractivity contribution is -0.115. The number of carbonyl (C=O) groups is 1. The van der Waals surface area contributed by atoms with E-state index in [1.807, 2.05) is 60.8 Å². The Labute approximate surface area is 228 Å². The number of hydrogen-bond acceptors (Lipinski definition) is 6. The van der Waals surface area contributed by atoms with Crippen LogP contribution in [0.15, 0.2) is 104 Å². The molecule has 1 aromatic carbocycles. The van der Waals surface area contributed by atoms with Crippen LogP contribution in [0.3, 0.4) is 0 Å². The van der Waals surface area contributed by atoms with Crippen LogP contribution in [-0.2, 0) is 11.2 Å². The number of hydrogen-bond donors (Lipinski definition) is 3. The summed E-state index contributed by atoms with van der Waals surface area (Å²) in [5.74, 6) is 0.607. The summed E-state index contributed by atoms with van der Waals surface area (Å²) < 4.78 is 0. The van der Waals surface area contributed by atoms with Crippen molar-refractivity contribution in [1.82, 2.24) is 34.9 Å². The third kappa shape index (κ3) is 4.45. The summed E-state index contributed by atoms with van der Waals surface area (Å²) >= 11 is 0. The van der Waals surface area contributed by atoms with Crippen LogP contribution in [-0.4, -0.2) is 40.8 Å². The van der Waals surface area contributed by atoms with Gasteiger partial charge in [0.15, 0.2) is 0 Å². The molecular weight excluding hydrogens is 500 g/mol. The Hall–Kier alpha value is -5.70. The minimum atomic E-state index is -0.100. The highest BCUT2D eigenvalue weighted by atomic mass is 16.1. The van der Waals surface area contributed by atoms with Gasteiger partial charge >= 0.3 is 0 Å². The number of fused-ring (bicyclic) bond motifs is 2. The minimum Gasteiger partial charge on any atom is -0.345 e. The minimum absolute atomic E-state index is 0.100. The van der Waals surface area contributed by atoms with Crippen LogP contribution in [0.1, 0.15) is 5.56 Å². The second kappa shape index (κ2) is 9.88. The molecule has 40 heavy (non-hydrogen) atoms. The molecule has 192 valence electrons. The number of anilines is 1. The number of amides is 1. The highest BCUT2D eigenvalue weighted by Crippen LogP contribution is 2.33. The largest absolute Gasteiger partial charge is 0.345 e. The maximum absolute atomic E-state index is 12.6. The Morgan fingerprint density at radius 1 is 0.800 bits per heavy atom. The number of nitrogens with one attached hydrogen (secondary N) is 3. The fourth-order valence-corrected chi connectivity index (χ4v) is 4.80. The Balaban J connectivity index is 1.21. The van der Waals surface area contributed by atoms with E-state index in [-0.39, 0.29) is 5.91 Å². The molecule has 6 aromatic heterocycles. The van der Waals surface area contributed by atoms with Crippen LogP contribution in [0, 0.1) is 0 Å². The Kier molecular flexibility index (Phi) is 5.78. The summed E-state index contributed by atoms with van der Waals surface area (Å²) in [4.78, 5) is 41.8. The van der Waals surface area contributed by atoms with E-state index in [2.05, 4.69) is 35.2 Å². The van der Waals surface area contributed by atoms with Crippen molar-refractivity contribution in [1.29, 1.82) is 0 Å². The molecule has 7 rings (SSSR count). The molecule has 0 aliphatic carbocycles. The summed E-state index contributed by atoms with van der Waals surface area (Å²) in [5, 5.41) is 3.86. The zero-order valence-corrected chi connectivity index (χ0v) is 21.2. The molecule has 0 saturated carbocycles. The molecule has 9 heteroatoms. The van der Waals surface area contributed by atoms with Gasteiger partial charge < -0.3 is 15.3 Å². The molecule has 0 atom stereocenters. The van der Waals surface area contributed by atoms with Crippen LogP contribution >= 0.6 is 0 Å². The van der Waals surface area contributed by atoms with E-state index in [1.54, 1.807) is 43.4 Å². The number of H-pyrrole nitrogens is 2. The van der Waals surface area contributed by atoms with Gasteiger partial charge in [-0.25, -0.2) is 9.97 Å². The number of benzene rings is 1. The first kappa shape index (κ1) is 23.4. The van der Waals surface area contributed by atoms with Gasteiger partial charge in [0.25, 0.3) is 0 Å². The van der Waals surface area contributed by atoms with E-state index in [1.165, 1.54) is 0 Å². The molecule has 6 heterocycles. The van der Waals surface area contributed by atoms with E-state index in [9.17, 15) is 4.79 Å². The van der Waals surface area contributed by atoms with Gasteiger partial charge in [0.05, 0.1) is 35.5 Å². The zero-order chi connectivity index (χ0) is 26.9. The standard InChI is InChI=1S/C31H22N8O/c40-28(9-19-5-2-1-3-6-19)37-23-10-21(13-33-15-23)22-11-24-26(17-36-30(24)35-14-22)31-38-27-18-34-16-25(29(27)39-31)20-7-4-8-32-12-20/h1-8,10-18H,9H2,(H,35,36)(H,37,40)(H,38,39). The monoisotopic (exact) mass is 522 g/mol. The number of imidazole rings is 1. The second-order valence-corrected chi connectivity index (χ2v) is 9.41. The maximum Gasteiger partial charge on any atom is 0.228 e. The molecule has 0 saturated heterocycles. The molecule has 0 spiro atoms. The van der Waals surface area contributed by atoms with Crippen molar-refractivity contribution < 1.29 is 4.79 Å². The molecule has 7 aromatic rings. The van der Waals surface area contributed by atoms with Crippen molar-refractivity contribution in [2.45, 2.75) is 6.42 Å². The Bertz CT molecular complexity index is 1980. The number of aromatic amines is 2. The van der Waals surface area contributed by atoms with Crippen molar-refractivity contribution in [3.63, 3.8) is 0 Å². The fourth-order valence-electron chi connectivity index (χ4n) is 4.80. The quantitative estimate of drug-likeness (QED) is 0.253. The van der Waals surface area contributed by atoms with Crippen LogP contribution < -0.4 is 5.32 Å². The number of pyridine rings is 4. The molecule has 0 fully saturated rings. The summed E-state index contributed by atoms with van der Waals surface area (Å²) in [7, 11) is 0. The highest BCUT2D eigenvalue weighted by Gasteiger charge is 2.16. The number of rotatable bonds is 6. The third-order valence-electron chi connectivity index (χ3n) is 6.72. The lowest BCUT2D eigenvalue weighted by Gasteiger charge is -2.08. The second-order valence-electron chi connectivity index (χ2n) is 9.41. The van der Waals surface area contributed by atoms with Crippen LogP contribution in [0.5, 0.6) is 0 Å². The molecule has 1 amide bonds. The van der Waals surface area contributed by atoms with Crippen LogP contribution in [0.2, 0.25) is 0 Å². The Morgan fingerprint density at radius 3 is 2.52 bits per heavy atom. The van der Waals surface area contributed by atoms with Gasteiger partial charge in [-0.05, 0) is 23.8 Å². The van der Waals surface area contributed by atoms with E-state index >= 15 is 0 Å². The Morgan fingerprint density at radius 2 is 1.65 bits per heavy atom. The summed E-state index contributed by atoms with van der Waals surface area (Å²) in [5.41, 5.74) is 8.42. The average Bonchev–Trinajstić information content (AvgIpc) is 3.62. The molecule has 0 aliphatic heterocycles. The number of aromatic nitrogens is 7.